The van der Waals surface area contributed by atoms with Crippen molar-refractivity contribution in [2.24, 2.45) is 0 Å². The van der Waals surface area contributed by atoms with E-state index in [9.17, 15) is 9.59 Å². The third-order valence-electron chi connectivity index (χ3n) is 2.05. The smallest absolute Gasteiger partial charge is 0.356 e. The number of benzene rings is 1. The van der Waals surface area contributed by atoms with E-state index >= 15 is 0 Å². The van der Waals surface area contributed by atoms with Crippen molar-refractivity contribution >= 4 is 11.9 Å². The van der Waals surface area contributed by atoms with E-state index in [2.05, 4.69) is 9.97 Å². The van der Waals surface area contributed by atoms with E-state index in [1.54, 1.807) is 18.2 Å². The SMILES string of the molecule is Cc1cccc(C(=O)O)c1.O=C(O)c1cnccn1. The van der Waals surface area contributed by atoms with Crippen LogP contribution < -0.4 is 0 Å². The van der Waals surface area contributed by atoms with E-state index < -0.39 is 11.9 Å². The van der Waals surface area contributed by atoms with Crippen LogP contribution in [0.1, 0.15) is 26.4 Å². The standard InChI is InChI=1S/C8H8O2.C5H4N2O2/c1-6-3-2-4-7(5-6)8(9)10;8-5(9)4-3-6-1-2-7-4/h2-5H,1H3,(H,9,10);1-3H,(H,8,9). The lowest BCUT2D eigenvalue weighted by molar-refractivity contribution is 0.0682. The van der Waals surface area contributed by atoms with E-state index in [4.69, 9.17) is 10.2 Å². The molecule has 0 aliphatic carbocycles. The van der Waals surface area contributed by atoms with Crippen molar-refractivity contribution in [2.45, 2.75) is 6.92 Å². The van der Waals surface area contributed by atoms with Crippen molar-refractivity contribution in [2.75, 3.05) is 0 Å². The van der Waals surface area contributed by atoms with Crippen LogP contribution in [-0.4, -0.2) is 32.1 Å². The van der Waals surface area contributed by atoms with E-state index in [1.807, 2.05) is 13.0 Å². The number of aromatic carboxylic acids is 2. The number of carboxylic acids is 2. The van der Waals surface area contributed by atoms with Crippen LogP contribution in [0.2, 0.25) is 0 Å². The number of hydrogen-bond donors (Lipinski definition) is 2. The molecule has 0 amide bonds. The normalized spacial score (nSPS) is 9.11. The summed E-state index contributed by atoms with van der Waals surface area (Å²) in [5, 5.41) is 16.8. The molecule has 19 heavy (non-hydrogen) atoms. The van der Waals surface area contributed by atoms with E-state index in [-0.39, 0.29) is 5.69 Å². The first kappa shape index (κ1) is 14.3. The highest BCUT2D eigenvalue weighted by atomic mass is 16.4. The van der Waals surface area contributed by atoms with Gasteiger partial charge in [-0.2, -0.15) is 0 Å². The van der Waals surface area contributed by atoms with Gasteiger partial charge in [-0.1, -0.05) is 17.7 Å². The van der Waals surface area contributed by atoms with Crippen LogP contribution in [0.25, 0.3) is 0 Å². The van der Waals surface area contributed by atoms with Gasteiger partial charge in [0, 0.05) is 12.4 Å². The zero-order chi connectivity index (χ0) is 14.3. The molecule has 2 rings (SSSR count). The minimum atomic E-state index is -1.05. The summed E-state index contributed by atoms with van der Waals surface area (Å²) < 4.78 is 0. The molecule has 0 aliphatic heterocycles. The van der Waals surface area contributed by atoms with E-state index in [0.29, 0.717) is 5.56 Å². The fourth-order valence-electron chi connectivity index (χ4n) is 1.19. The zero-order valence-electron chi connectivity index (χ0n) is 10.1. The molecule has 0 fully saturated rings. The molecular weight excluding hydrogens is 248 g/mol. The van der Waals surface area contributed by atoms with Crippen LogP contribution in [0.5, 0.6) is 0 Å². The quantitative estimate of drug-likeness (QED) is 0.854. The molecule has 0 saturated carbocycles. The number of carbonyl (C=O) groups is 2. The van der Waals surface area contributed by atoms with Gasteiger partial charge >= 0.3 is 11.9 Å². The summed E-state index contributed by atoms with van der Waals surface area (Å²) >= 11 is 0. The van der Waals surface area contributed by atoms with Gasteiger partial charge in [-0.05, 0) is 19.1 Å². The van der Waals surface area contributed by atoms with Gasteiger partial charge in [0.25, 0.3) is 0 Å². The molecule has 2 N–H and O–H groups in total. The van der Waals surface area contributed by atoms with Gasteiger partial charge < -0.3 is 10.2 Å². The minimum Gasteiger partial charge on any atom is -0.478 e. The summed E-state index contributed by atoms with van der Waals surface area (Å²) in [5.41, 5.74) is 1.29. The van der Waals surface area contributed by atoms with Crippen molar-refractivity contribution in [3.05, 3.63) is 59.7 Å². The number of rotatable bonds is 2. The Bertz CT molecular complexity index is 570. The van der Waals surface area contributed by atoms with Gasteiger partial charge in [0.15, 0.2) is 5.69 Å². The van der Waals surface area contributed by atoms with Crippen LogP contribution in [0, 0.1) is 6.92 Å². The molecule has 0 bridgehead atoms. The van der Waals surface area contributed by atoms with Crippen LogP contribution in [0.15, 0.2) is 42.9 Å². The summed E-state index contributed by atoms with van der Waals surface area (Å²) in [4.78, 5) is 27.5. The second-order valence-electron chi connectivity index (χ2n) is 3.57. The Morgan fingerprint density at radius 2 is 1.84 bits per heavy atom. The van der Waals surface area contributed by atoms with Gasteiger partial charge in [0.05, 0.1) is 11.8 Å². The first-order valence-corrected chi connectivity index (χ1v) is 5.30. The van der Waals surface area contributed by atoms with Gasteiger partial charge in [-0.3, -0.25) is 4.98 Å². The Labute approximate surface area is 109 Å². The number of aryl methyl sites for hydroxylation is 1. The molecule has 6 heteroatoms. The molecule has 0 radical (unpaired) electrons. The summed E-state index contributed by atoms with van der Waals surface area (Å²) in [5.74, 6) is -1.92. The van der Waals surface area contributed by atoms with Crippen LogP contribution >= 0.6 is 0 Å². The van der Waals surface area contributed by atoms with E-state index in [0.717, 1.165) is 5.56 Å². The molecule has 0 saturated heterocycles. The maximum atomic E-state index is 10.4. The Kier molecular flexibility index (Phi) is 5.16. The van der Waals surface area contributed by atoms with Crippen LogP contribution in [0.4, 0.5) is 0 Å². The average Bonchev–Trinajstić information content (AvgIpc) is 2.40. The maximum absolute atomic E-state index is 10.4. The predicted octanol–water partition coefficient (Wildman–Crippen LogP) is 1.87. The predicted molar refractivity (Wildman–Crippen MR) is 67.1 cm³/mol. The molecule has 98 valence electrons. The Balaban J connectivity index is 0.000000191. The van der Waals surface area contributed by atoms with Gasteiger partial charge in [0.2, 0.25) is 0 Å². The van der Waals surface area contributed by atoms with Crippen molar-refractivity contribution in [3.8, 4) is 0 Å². The lowest BCUT2D eigenvalue weighted by Crippen LogP contribution is -1.99. The summed E-state index contributed by atoms with van der Waals surface area (Å²) in [7, 11) is 0. The highest BCUT2D eigenvalue weighted by Crippen LogP contribution is 2.02. The minimum absolute atomic E-state index is 0.0301. The number of nitrogens with zero attached hydrogens (tertiary/aromatic N) is 2. The van der Waals surface area contributed by atoms with Crippen molar-refractivity contribution < 1.29 is 19.8 Å². The zero-order valence-corrected chi connectivity index (χ0v) is 10.1. The number of carboxylic acid groups (broad SMARTS) is 2. The molecule has 1 aromatic heterocycles. The molecule has 1 aromatic carbocycles. The second kappa shape index (κ2) is 6.85. The fraction of sp³-hybridized carbons (Fsp3) is 0.0769. The molecule has 6 nitrogen and oxygen atoms in total. The third-order valence-corrected chi connectivity index (χ3v) is 2.05. The van der Waals surface area contributed by atoms with Crippen molar-refractivity contribution in [1.29, 1.82) is 0 Å². The second-order valence-corrected chi connectivity index (χ2v) is 3.57. The van der Waals surface area contributed by atoms with Gasteiger partial charge in [-0.25, -0.2) is 14.6 Å². The lowest BCUT2D eigenvalue weighted by atomic mass is 10.1. The molecule has 0 spiro atoms. The monoisotopic (exact) mass is 260 g/mol. The van der Waals surface area contributed by atoms with Crippen LogP contribution in [0.3, 0.4) is 0 Å². The Morgan fingerprint density at radius 1 is 1.11 bits per heavy atom. The summed E-state index contributed by atoms with van der Waals surface area (Å²) in [6.07, 6.45) is 3.96. The molecule has 1 heterocycles. The molecular formula is C13H12N2O4. The highest BCUT2D eigenvalue weighted by Gasteiger charge is 2.00. The summed E-state index contributed by atoms with van der Waals surface area (Å²) in [6, 6.07) is 6.82. The Morgan fingerprint density at radius 3 is 2.21 bits per heavy atom. The van der Waals surface area contributed by atoms with Crippen molar-refractivity contribution in [3.63, 3.8) is 0 Å². The highest BCUT2D eigenvalue weighted by molar-refractivity contribution is 5.87. The third kappa shape index (κ3) is 4.95. The van der Waals surface area contributed by atoms with Crippen LogP contribution in [-0.2, 0) is 0 Å². The molecule has 2 aromatic rings. The topological polar surface area (TPSA) is 100 Å². The van der Waals surface area contributed by atoms with Gasteiger partial charge in [0.1, 0.15) is 0 Å². The maximum Gasteiger partial charge on any atom is 0.356 e. The first-order valence-electron chi connectivity index (χ1n) is 5.30. The Hall–Kier alpha value is -2.76. The number of aromatic nitrogens is 2. The number of hydrogen-bond acceptors (Lipinski definition) is 4. The van der Waals surface area contributed by atoms with Gasteiger partial charge in [-0.15, -0.1) is 0 Å². The largest absolute Gasteiger partial charge is 0.478 e. The molecule has 0 aliphatic rings. The average molecular weight is 260 g/mol. The fourth-order valence-corrected chi connectivity index (χ4v) is 1.19. The molecule has 0 unspecified atom stereocenters. The lowest BCUT2D eigenvalue weighted by Gasteiger charge is -1.93. The summed E-state index contributed by atoms with van der Waals surface area (Å²) in [6.45, 7) is 1.87. The molecule has 0 atom stereocenters. The van der Waals surface area contributed by atoms with Crippen molar-refractivity contribution in [1.82, 2.24) is 9.97 Å². The first-order chi connectivity index (χ1) is 9.00. The van der Waals surface area contributed by atoms with E-state index in [1.165, 1.54) is 18.6 Å².